The molecule has 1 atom stereocenters. The summed E-state index contributed by atoms with van der Waals surface area (Å²) in [4.78, 5) is 26.5. The smallest absolute Gasteiger partial charge is 0.374 e. The van der Waals surface area contributed by atoms with Crippen LogP contribution >= 0.6 is 0 Å². The number of carbonyl (C=O) groups excluding carboxylic acids is 2. The number of rotatable bonds is 5. The number of nitrogens with one attached hydrogen (secondary N) is 1. The molecule has 0 aliphatic heterocycles. The fourth-order valence-corrected chi connectivity index (χ4v) is 2.23. The van der Waals surface area contributed by atoms with Crippen LogP contribution in [0.15, 0.2) is 36.7 Å². The predicted octanol–water partition coefficient (Wildman–Crippen LogP) is 1.30. The number of aliphatic hydroxyl groups is 1. The van der Waals surface area contributed by atoms with Gasteiger partial charge in [0.05, 0.1) is 6.42 Å². The van der Waals surface area contributed by atoms with E-state index in [4.69, 9.17) is 5.73 Å². The van der Waals surface area contributed by atoms with Gasteiger partial charge in [0.25, 0.3) is 0 Å². The summed E-state index contributed by atoms with van der Waals surface area (Å²) in [6, 6.07) is 5.25. The van der Waals surface area contributed by atoms with Gasteiger partial charge in [0.15, 0.2) is 5.82 Å². The number of benzene rings is 1. The molecule has 1 aromatic carbocycles. The zero-order chi connectivity index (χ0) is 18.8. The van der Waals surface area contributed by atoms with Gasteiger partial charge in [-0.3, -0.25) is 9.59 Å². The van der Waals surface area contributed by atoms with Gasteiger partial charge < -0.3 is 20.7 Å². The second-order valence-electron chi connectivity index (χ2n) is 5.39. The Morgan fingerprint density at radius 3 is 2.32 bits per heavy atom. The average Bonchev–Trinajstić information content (AvgIpc) is 2.93. The number of halogens is 3. The molecule has 2 amide bonds. The van der Waals surface area contributed by atoms with Crippen LogP contribution in [0.3, 0.4) is 0 Å². The van der Waals surface area contributed by atoms with Crippen LogP contribution in [0.2, 0.25) is 0 Å². The van der Waals surface area contributed by atoms with Crippen molar-refractivity contribution in [3.63, 3.8) is 0 Å². The number of hydrogen-bond donors (Lipinski definition) is 3. The molecule has 0 fully saturated rings. The fraction of sp³-hybridized carbons (Fsp3) is 0.267. The number of nitrogens with zero attached hydrogens (tertiary/aromatic N) is 2. The zero-order valence-electron chi connectivity index (χ0n) is 13.0. The highest BCUT2D eigenvalue weighted by atomic mass is 19.4. The SMILES string of the molecule is Cn1ccnc1C(O)(CC(=O)Nc1ccc(C(N)=O)cc1)C(F)(F)F. The number of hydrogen-bond acceptors (Lipinski definition) is 4. The first-order valence-corrected chi connectivity index (χ1v) is 7.01. The number of anilines is 1. The quantitative estimate of drug-likeness (QED) is 0.750. The summed E-state index contributed by atoms with van der Waals surface area (Å²) in [5, 5.41) is 12.4. The van der Waals surface area contributed by atoms with Crippen molar-refractivity contribution >= 4 is 17.5 Å². The number of alkyl halides is 3. The molecule has 1 unspecified atom stereocenters. The summed E-state index contributed by atoms with van der Waals surface area (Å²) in [6.07, 6.45) is -4.07. The average molecular weight is 356 g/mol. The molecular formula is C15H15F3N4O3. The minimum absolute atomic E-state index is 0.152. The number of primary amides is 1. The van der Waals surface area contributed by atoms with Gasteiger partial charge in [-0.2, -0.15) is 13.2 Å². The maximum Gasteiger partial charge on any atom is 0.425 e. The Hall–Kier alpha value is -2.88. The van der Waals surface area contributed by atoms with E-state index in [1.165, 1.54) is 37.5 Å². The molecule has 2 aromatic rings. The summed E-state index contributed by atoms with van der Waals surface area (Å²) < 4.78 is 41.0. The lowest BCUT2D eigenvalue weighted by atomic mass is 9.97. The zero-order valence-corrected chi connectivity index (χ0v) is 13.0. The first kappa shape index (κ1) is 18.5. The Morgan fingerprint density at radius 1 is 1.28 bits per heavy atom. The summed E-state index contributed by atoms with van der Waals surface area (Å²) in [6.45, 7) is 0. The summed E-state index contributed by atoms with van der Waals surface area (Å²) >= 11 is 0. The van der Waals surface area contributed by atoms with Gasteiger partial charge in [0, 0.05) is 30.7 Å². The highest BCUT2D eigenvalue weighted by Gasteiger charge is 2.58. The molecule has 134 valence electrons. The third kappa shape index (κ3) is 3.79. The Balaban J connectivity index is 2.21. The predicted molar refractivity (Wildman–Crippen MR) is 81.4 cm³/mol. The van der Waals surface area contributed by atoms with Crippen LogP contribution in [-0.2, 0) is 17.4 Å². The number of imidazole rings is 1. The van der Waals surface area contributed by atoms with Crippen molar-refractivity contribution in [2.45, 2.75) is 18.2 Å². The van der Waals surface area contributed by atoms with E-state index in [1.807, 2.05) is 0 Å². The van der Waals surface area contributed by atoms with Crippen LogP contribution in [0.1, 0.15) is 22.6 Å². The van der Waals surface area contributed by atoms with Crippen molar-refractivity contribution in [3.8, 4) is 0 Å². The Kier molecular flexibility index (Phi) is 4.84. The van der Waals surface area contributed by atoms with Crippen LogP contribution in [0.4, 0.5) is 18.9 Å². The van der Waals surface area contributed by atoms with E-state index in [0.29, 0.717) is 0 Å². The van der Waals surface area contributed by atoms with Gasteiger partial charge >= 0.3 is 6.18 Å². The summed E-state index contributed by atoms with van der Waals surface area (Å²) in [7, 11) is 1.28. The van der Waals surface area contributed by atoms with Crippen LogP contribution in [0.5, 0.6) is 0 Å². The van der Waals surface area contributed by atoms with Crippen LogP contribution in [0.25, 0.3) is 0 Å². The van der Waals surface area contributed by atoms with E-state index < -0.39 is 35.8 Å². The molecule has 0 aliphatic carbocycles. The first-order chi connectivity index (χ1) is 11.5. The lowest BCUT2D eigenvalue weighted by Gasteiger charge is -2.29. The molecule has 0 saturated carbocycles. The third-order valence-corrected chi connectivity index (χ3v) is 3.53. The largest absolute Gasteiger partial charge is 0.425 e. The Bertz CT molecular complexity index is 786. The van der Waals surface area contributed by atoms with Gasteiger partial charge in [-0.15, -0.1) is 0 Å². The number of carbonyl (C=O) groups is 2. The highest BCUT2D eigenvalue weighted by molar-refractivity contribution is 5.95. The summed E-state index contributed by atoms with van der Waals surface area (Å²) in [5.41, 5.74) is 1.96. The molecule has 25 heavy (non-hydrogen) atoms. The van der Waals surface area contributed by atoms with Gasteiger partial charge in [-0.1, -0.05) is 0 Å². The number of aryl methyl sites for hydroxylation is 1. The van der Waals surface area contributed by atoms with Gasteiger partial charge in [0.1, 0.15) is 0 Å². The van der Waals surface area contributed by atoms with E-state index in [1.54, 1.807) is 0 Å². The monoisotopic (exact) mass is 356 g/mol. The number of nitrogens with two attached hydrogens (primary N) is 1. The second kappa shape index (κ2) is 6.55. The standard InChI is InChI=1S/C15H15F3N4O3/c1-22-7-6-20-13(22)14(25,15(16,17)18)8-11(23)21-10-4-2-9(3-5-10)12(19)24/h2-7,25H,8H2,1H3,(H2,19,24)(H,21,23). The number of aromatic nitrogens is 2. The molecule has 0 bridgehead atoms. The Labute approximate surface area is 140 Å². The van der Waals surface area contributed by atoms with Crippen molar-refractivity contribution in [2.24, 2.45) is 12.8 Å². The van der Waals surface area contributed by atoms with E-state index in [0.717, 1.165) is 10.8 Å². The van der Waals surface area contributed by atoms with E-state index >= 15 is 0 Å². The van der Waals surface area contributed by atoms with E-state index in [-0.39, 0.29) is 11.3 Å². The first-order valence-electron chi connectivity index (χ1n) is 7.01. The van der Waals surface area contributed by atoms with E-state index in [2.05, 4.69) is 10.3 Å². The molecule has 1 heterocycles. The molecule has 0 aliphatic rings. The molecular weight excluding hydrogens is 341 g/mol. The third-order valence-electron chi connectivity index (χ3n) is 3.53. The molecule has 4 N–H and O–H groups in total. The van der Waals surface area contributed by atoms with Gasteiger partial charge in [-0.05, 0) is 24.3 Å². The van der Waals surface area contributed by atoms with Crippen LogP contribution in [0, 0.1) is 0 Å². The highest BCUT2D eigenvalue weighted by Crippen LogP contribution is 2.40. The minimum atomic E-state index is -5.11. The normalized spacial score (nSPS) is 14.0. The lowest BCUT2D eigenvalue weighted by Crippen LogP contribution is -2.46. The molecule has 2 rings (SSSR count). The molecule has 1 aromatic heterocycles. The topological polar surface area (TPSA) is 110 Å². The minimum Gasteiger partial charge on any atom is -0.374 e. The summed E-state index contributed by atoms with van der Waals surface area (Å²) in [5.74, 6) is -2.45. The van der Waals surface area contributed by atoms with Gasteiger partial charge in [0.2, 0.25) is 17.4 Å². The molecule has 10 heteroatoms. The van der Waals surface area contributed by atoms with Crippen LogP contribution < -0.4 is 11.1 Å². The lowest BCUT2D eigenvalue weighted by molar-refractivity contribution is -0.270. The molecule has 0 spiro atoms. The van der Waals surface area contributed by atoms with Crippen molar-refractivity contribution < 1.29 is 27.9 Å². The fourth-order valence-electron chi connectivity index (χ4n) is 2.23. The van der Waals surface area contributed by atoms with Crippen molar-refractivity contribution in [1.29, 1.82) is 0 Å². The van der Waals surface area contributed by atoms with E-state index in [9.17, 15) is 27.9 Å². The maximum absolute atomic E-state index is 13.4. The Morgan fingerprint density at radius 2 is 1.88 bits per heavy atom. The van der Waals surface area contributed by atoms with Crippen molar-refractivity contribution in [1.82, 2.24) is 9.55 Å². The molecule has 7 nitrogen and oxygen atoms in total. The second-order valence-corrected chi connectivity index (χ2v) is 5.39. The maximum atomic E-state index is 13.4. The van der Waals surface area contributed by atoms with Crippen LogP contribution in [-0.4, -0.2) is 32.6 Å². The van der Waals surface area contributed by atoms with Crippen molar-refractivity contribution in [3.05, 3.63) is 48.0 Å². The van der Waals surface area contributed by atoms with Crippen molar-refractivity contribution in [2.75, 3.05) is 5.32 Å². The van der Waals surface area contributed by atoms with Gasteiger partial charge in [-0.25, -0.2) is 4.98 Å². The molecule has 0 radical (unpaired) electrons. The number of amides is 2. The molecule has 0 saturated heterocycles.